The Labute approximate surface area is 217 Å². The van der Waals surface area contributed by atoms with Crippen molar-refractivity contribution < 1.29 is 60.9 Å². The van der Waals surface area contributed by atoms with Crippen molar-refractivity contribution in [2.75, 3.05) is 26.1 Å². The fourth-order valence-corrected chi connectivity index (χ4v) is 4.04. The zero-order valence-corrected chi connectivity index (χ0v) is 21.0. The molecule has 0 unspecified atom stereocenters. The predicted molar refractivity (Wildman–Crippen MR) is 124 cm³/mol. The Morgan fingerprint density at radius 1 is 1.26 bits per heavy atom. The number of carbonyl (C=O) groups excluding carboxylic acids is 1. The van der Waals surface area contributed by atoms with Gasteiger partial charge in [0.15, 0.2) is 24.0 Å². The van der Waals surface area contributed by atoms with E-state index in [4.69, 9.17) is 33.2 Å². The largest absolute Gasteiger partial charge is 0.497 e. The lowest BCUT2D eigenvalue weighted by Gasteiger charge is -2.21. The highest BCUT2D eigenvalue weighted by molar-refractivity contribution is 7.46. The lowest BCUT2D eigenvalue weighted by Crippen LogP contribution is -2.42. The van der Waals surface area contributed by atoms with Crippen molar-refractivity contribution in [2.45, 2.75) is 31.0 Å². The Kier molecular flexibility index (Phi) is 7.92. The molecule has 3 aromatic rings. The summed E-state index contributed by atoms with van der Waals surface area (Å²) in [4.78, 5) is 45.5. The summed E-state index contributed by atoms with van der Waals surface area (Å²) in [5, 5.41) is 12.6. The van der Waals surface area contributed by atoms with Crippen molar-refractivity contribution in [3.63, 3.8) is 0 Å². The summed E-state index contributed by atoms with van der Waals surface area (Å²) in [6.07, 6.45) is -7.01. The average Bonchev–Trinajstić information content (AvgIpc) is 3.38. The van der Waals surface area contributed by atoms with E-state index < -0.39 is 50.6 Å². The molecule has 0 saturated carbocycles. The van der Waals surface area contributed by atoms with Gasteiger partial charge in [-0.2, -0.15) is 13.8 Å². The van der Waals surface area contributed by atoms with Gasteiger partial charge < -0.3 is 38.3 Å². The Morgan fingerprint density at radius 2 is 2.00 bits per heavy atom. The van der Waals surface area contributed by atoms with E-state index in [1.807, 2.05) is 0 Å². The number of amides is 1. The van der Waals surface area contributed by atoms with Crippen LogP contribution in [0.4, 0.5) is 19.4 Å². The van der Waals surface area contributed by atoms with Crippen molar-refractivity contribution in [1.82, 2.24) is 9.55 Å². The van der Waals surface area contributed by atoms with Crippen LogP contribution in [0.3, 0.4) is 0 Å². The number of hydrogen-bond donors (Lipinski definition) is 4. The summed E-state index contributed by atoms with van der Waals surface area (Å²) < 4.78 is 70.5. The number of fused-ring (bicyclic) bond motifs is 1. The van der Waals surface area contributed by atoms with E-state index in [0.717, 1.165) is 12.3 Å². The van der Waals surface area contributed by atoms with Crippen LogP contribution in [-0.2, 0) is 25.2 Å². The summed E-state index contributed by atoms with van der Waals surface area (Å²) in [5.41, 5.74) is -0.895. The van der Waals surface area contributed by atoms with Crippen LogP contribution >= 0.6 is 7.82 Å². The van der Waals surface area contributed by atoms with Crippen molar-refractivity contribution in [1.29, 1.82) is 0 Å². The smallest absolute Gasteiger partial charge is 0.469 e. The van der Waals surface area contributed by atoms with Gasteiger partial charge in [0.25, 0.3) is 0 Å². The molecule has 0 bridgehead atoms. The Hall–Kier alpha value is -3.60. The number of hydrogen-bond acceptors (Lipinski definition) is 11. The number of alkyl halides is 2. The second kappa shape index (κ2) is 10.9. The van der Waals surface area contributed by atoms with Gasteiger partial charge in [0.1, 0.15) is 23.4 Å². The molecule has 1 aliphatic rings. The van der Waals surface area contributed by atoms with E-state index in [9.17, 15) is 28.0 Å². The maximum absolute atomic E-state index is 14.6. The molecule has 212 valence electrons. The molecule has 1 aromatic carbocycles. The number of nitrogens with zero attached hydrogens (tertiary/aromatic N) is 2. The number of anilines is 1. The second-order valence-corrected chi connectivity index (χ2v) is 9.34. The molecule has 15 nitrogen and oxygen atoms in total. The number of furan rings is 1. The quantitative estimate of drug-likeness (QED) is 0.268. The lowest BCUT2D eigenvalue weighted by atomic mass is 10.1. The van der Waals surface area contributed by atoms with Gasteiger partial charge in [-0.15, -0.1) is 0 Å². The fourth-order valence-electron chi connectivity index (χ4n) is 3.70. The van der Waals surface area contributed by atoms with Crippen molar-refractivity contribution in [3.8, 4) is 11.5 Å². The number of halogens is 2. The number of phosphoric ester groups is 1. The number of aliphatic hydroxyl groups excluding tert-OH is 1. The van der Waals surface area contributed by atoms with Crippen LogP contribution in [0.5, 0.6) is 11.5 Å². The Balaban J connectivity index is 1.40. The number of rotatable bonds is 9. The van der Waals surface area contributed by atoms with Crippen molar-refractivity contribution in [3.05, 3.63) is 46.7 Å². The zero-order chi connectivity index (χ0) is 28.5. The fraction of sp³-hybridized carbons (Fsp3) is 0.381. The maximum Gasteiger partial charge on any atom is 0.469 e. The van der Waals surface area contributed by atoms with E-state index in [2.05, 4.69) is 14.8 Å². The number of methoxy groups -OCH3 is 2. The molecule has 0 spiro atoms. The number of benzene rings is 1. The summed E-state index contributed by atoms with van der Waals surface area (Å²) in [6.45, 7) is -1.39. The van der Waals surface area contributed by atoms with Crippen LogP contribution in [0, 0.1) is 0 Å². The van der Waals surface area contributed by atoms with E-state index in [1.54, 1.807) is 18.2 Å². The molecule has 4 N–H and O–H groups in total. The van der Waals surface area contributed by atoms with Gasteiger partial charge in [0, 0.05) is 17.6 Å². The van der Waals surface area contributed by atoms with Gasteiger partial charge in [-0.05, 0) is 18.2 Å². The first kappa shape index (κ1) is 28.4. The maximum atomic E-state index is 14.6. The number of phosphoric acid groups is 1. The third-order valence-corrected chi connectivity index (χ3v) is 5.99. The third-order valence-electron chi connectivity index (χ3n) is 5.51. The highest BCUT2D eigenvalue weighted by Gasteiger charge is 2.60. The molecular weight excluding hydrogens is 555 g/mol. The van der Waals surface area contributed by atoms with Crippen molar-refractivity contribution >= 4 is 30.7 Å². The van der Waals surface area contributed by atoms with Gasteiger partial charge >= 0.3 is 25.5 Å². The van der Waals surface area contributed by atoms with E-state index >= 15 is 0 Å². The van der Waals surface area contributed by atoms with E-state index in [0.29, 0.717) is 27.0 Å². The molecule has 1 aliphatic heterocycles. The molecule has 2 aromatic heterocycles. The van der Waals surface area contributed by atoms with Crippen LogP contribution in [0.1, 0.15) is 12.0 Å². The third kappa shape index (κ3) is 6.19. The molecule has 18 heteroatoms. The molecule has 3 heterocycles. The average molecular weight is 577 g/mol. The van der Waals surface area contributed by atoms with Gasteiger partial charge in [-0.3, -0.25) is 14.4 Å². The molecule has 39 heavy (non-hydrogen) atoms. The minimum absolute atomic E-state index is 0.256. The molecule has 4 rings (SSSR count). The summed E-state index contributed by atoms with van der Waals surface area (Å²) in [6, 6.07) is 5.89. The second-order valence-electron chi connectivity index (χ2n) is 8.10. The molecular formula is C21H22F2N3O12P. The first-order chi connectivity index (χ1) is 18.3. The van der Waals surface area contributed by atoms with Gasteiger partial charge in [0.05, 0.1) is 20.8 Å². The molecule has 0 radical (unpaired) electrons. The summed E-state index contributed by atoms with van der Waals surface area (Å²) in [5.74, 6) is -3.23. The number of carbonyl (C=O) groups is 1. The normalized spacial score (nSPS) is 20.6. The predicted octanol–water partition coefficient (Wildman–Crippen LogP) is 1.76. The van der Waals surface area contributed by atoms with Gasteiger partial charge in [0.2, 0.25) is 6.23 Å². The standard InChI is InChI=1S/C21H22F2N3O12P/c1-33-11-5-10-6-12(37-16(10)13(7-11)34-2)8-35-20(29)25-15-3-4-26(19(28)24-15)18-21(22,23)17(27)14(38-18)9-36-39(30,31)32/h3-7,14,17-18,27H,8-9H2,1-2H3,(H2,30,31,32)(H,24,25,28,29)/t14-,17-,18-/m1/s1. The first-order valence-corrected chi connectivity index (χ1v) is 12.4. The monoisotopic (exact) mass is 577 g/mol. The number of ether oxygens (including phenoxy) is 4. The molecule has 0 aliphatic carbocycles. The molecule has 3 atom stereocenters. The first-order valence-electron chi connectivity index (χ1n) is 10.9. The van der Waals surface area contributed by atoms with Crippen LogP contribution in [0.25, 0.3) is 11.0 Å². The highest BCUT2D eigenvalue weighted by atomic mass is 31.2. The van der Waals surface area contributed by atoms with Crippen LogP contribution in [0.15, 0.2) is 39.7 Å². The summed E-state index contributed by atoms with van der Waals surface area (Å²) in [7, 11) is -2.10. The highest BCUT2D eigenvalue weighted by Crippen LogP contribution is 2.44. The van der Waals surface area contributed by atoms with Crippen LogP contribution in [0.2, 0.25) is 0 Å². The SMILES string of the molecule is COc1cc(OC)c2oc(COC(=O)Nc3ccn([C@@H]4O[C@H](COP(=O)(O)O)[C@@H](O)C4(F)F)c(=O)n3)cc2c1. The number of aromatic nitrogens is 2. The van der Waals surface area contributed by atoms with E-state index in [1.165, 1.54) is 14.2 Å². The molecule has 1 amide bonds. The lowest BCUT2D eigenvalue weighted by molar-refractivity contribution is -0.140. The van der Waals surface area contributed by atoms with Crippen molar-refractivity contribution in [2.24, 2.45) is 0 Å². The Morgan fingerprint density at radius 3 is 2.64 bits per heavy atom. The minimum atomic E-state index is -5.03. The molecule has 1 fully saturated rings. The van der Waals surface area contributed by atoms with E-state index in [-0.39, 0.29) is 18.2 Å². The van der Waals surface area contributed by atoms with Crippen LogP contribution < -0.4 is 20.5 Å². The Bertz CT molecular complexity index is 1470. The molecule has 1 saturated heterocycles. The van der Waals surface area contributed by atoms with Gasteiger partial charge in [-0.1, -0.05) is 0 Å². The zero-order valence-electron chi connectivity index (χ0n) is 20.1. The van der Waals surface area contributed by atoms with Crippen LogP contribution in [-0.4, -0.2) is 69.5 Å². The number of aliphatic hydroxyl groups is 1. The summed E-state index contributed by atoms with van der Waals surface area (Å²) >= 11 is 0. The topological polar surface area (TPSA) is 201 Å². The van der Waals surface area contributed by atoms with Gasteiger partial charge in [-0.25, -0.2) is 14.2 Å². The number of nitrogens with one attached hydrogen (secondary N) is 1. The minimum Gasteiger partial charge on any atom is -0.497 e.